The van der Waals surface area contributed by atoms with Gasteiger partial charge in [0.2, 0.25) is 0 Å². The first-order valence-corrected chi connectivity index (χ1v) is 15.0. The largest absolute Gasteiger partial charge is 0.494 e. The molecule has 0 aliphatic heterocycles. The summed E-state index contributed by atoms with van der Waals surface area (Å²) in [4.78, 5) is 25.2. The van der Waals surface area contributed by atoms with Gasteiger partial charge in [0.25, 0.3) is 0 Å². The molecule has 7 rings (SSSR count). The topological polar surface area (TPSA) is 110 Å². The molecular weight excluding hydrogens is 582 g/mol. The summed E-state index contributed by atoms with van der Waals surface area (Å²) in [5, 5.41) is 9.53. The van der Waals surface area contributed by atoms with E-state index in [1.807, 2.05) is 72.9 Å². The van der Waals surface area contributed by atoms with Crippen molar-refractivity contribution in [2.24, 2.45) is 0 Å². The number of hydrogen-bond donors (Lipinski definition) is 0. The van der Waals surface area contributed by atoms with Crippen molar-refractivity contribution in [2.45, 2.75) is 19.4 Å². The molecule has 0 atom stereocenters. The Kier molecular flexibility index (Phi) is 8.11. The molecule has 0 N–H and O–H groups in total. The molecule has 7 aromatic rings. The van der Waals surface area contributed by atoms with Crippen LogP contribution in [0.15, 0.2) is 134 Å². The zero-order chi connectivity index (χ0) is 31.3. The Morgan fingerprint density at radius 1 is 0.674 bits per heavy atom. The molecule has 0 aliphatic rings. The Bertz CT molecular complexity index is 2240. The van der Waals surface area contributed by atoms with Crippen molar-refractivity contribution in [3.63, 3.8) is 0 Å². The molecule has 0 aliphatic carbocycles. The summed E-state index contributed by atoms with van der Waals surface area (Å²) < 4.78 is 25.7. The number of fused-ring (bicyclic) bond motifs is 2. The molecule has 9 heteroatoms. The molecule has 3 heterocycles. The highest BCUT2D eigenvalue weighted by atomic mass is 16.5. The molecule has 0 bridgehead atoms. The average Bonchev–Trinajstić information content (AvgIpc) is 3.55. The van der Waals surface area contributed by atoms with Gasteiger partial charge in [-0.1, -0.05) is 53.7 Å². The van der Waals surface area contributed by atoms with Crippen LogP contribution in [0.25, 0.3) is 44.6 Å². The summed E-state index contributed by atoms with van der Waals surface area (Å²) in [5.41, 5.74) is 3.27. The van der Waals surface area contributed by atoms with Gasteiger partial charge < -0.3 is 18.3 Å². The van der Waals surface area contributed by atoms with Gasteiger partial charge in [-0.05, 0) is 61.4 Å². The van der Waals surface area contributed by atoms with E-state index < -0.39 is 0 Å². The van der Waals surface area contributed by atoms with Crippen molar-refractivity contribution in [1.29, 1.82) is 0 Å². The van der Waals surface area contributed by atoms with Crippen LogP contribution in [0.2, 0.25) is 0 Å². The third kappa shape index (κ3) is 6.30. The number of aryl methyl sites for hydroxylation is 1. The lowest BCUT2D eigenvalue weighted by atomic mass is 10.1. The Morgan fingerprint density at radius 3 is 2.24 bits per heavy atom. The number of aromatic nitrogens is 3. The fraction of sp³-hybridized carbons (Fsp3) is 0.135. The van der Waals surface area contributed by atoms with Crippen LogP contribution in [0.3, 0.4) is 0 Å². The van der Waals surface area contributed by atoms with Gasteiger partial charge in [0.05, 0.1) is 29.6 Å². The van der Waals surface area contributed by atoms with Crippen LogP contribution in [-0.4, -0.2) is 28.2 Å². The molecule has 0 saturated carbocycles. The molecule has 228 valence electrons. The maximum absolute atomic E-state index is 12.8. The number of nitrogens with zero attached hydrogens (tertiary/aromatic N) is 3. The zero-order valence-corrected chi connectivity index (χ0v) is 24.8. The average molecular weight is 612 g/mol. The Hall–Kier alpha value is -5.96. The Morgan fingerprint density at radius 2 is 1.39 bits per heavy atom. The van der Waals surface area contributed by atoms with E-state index in [0.29, 0.717) is 65.4 Å². The summed E-state index contributed by atoms with van der Waals surface area (Å²) in [7, 11) is 0. The minimum atomic E-state index is -0.122. The summed E-state index contributed by atoms with van der Waals surface area (Å²) in [6.45, 7) is 1.31. The summed E-state index contributed by atoms with van der Waals surface area (Å²) in [6, 6.07) is 32.5. The molecular formula is C37H29N3O6. The first-order chi connectivity index (χ1) is 22.6. The van der Waals surface area contributed by atoms with Crippen molar-refractivity contribution in [3.05, 3.63) is 142 Å². The predicted molar refractivity (Wildman–Crippen MR) is 175 cm³/mol. The van der Waals surface area contributed by atoms with Crippen molar-refractivity contribution >= 4 is 21.9 Å². The second-order valence-corrected chi connectivity index (χ2v) is 10.7. The standard InChI is InChI=1S/C37H29N3O6/c41-31-22-35(45-33-13-5-4-11-29(31)33)26-15-17-28(18-16-26)43-20-7-10-27-24-40(39-38-27)19-21-44-34-14-6-12-30-32(42)23-36(46-37(30)34)25-8-2-1-3-9-25/h1-6,8-9,11-18,22-24H,7,10,19-21H2. The maximum atomic E-state index is 12.8. The predicted octanol–water partition coefficient (Wildman–Crippen LogP) is 6.92. The van der Waals surface area contributed by atoms with Crippen molar-refractivity contribution < 1.29 is 18.3 Å². The molecule has 0 unspecified atom stereocenters. The maximum Gasteiger partial charge on any atom is 0.193 e. The van der Waals surface area contributed by atoms with Crippen molar-refractivity contribution in [2.75, 3.05) is 13.2 Å². The highest BCUT2D eigenvalue weighted by molar-refractivity contribution is 5.84. The number of hydrogen-bond acceptors (Lipinski definition) is 8. The van der Waals surface area contributed by atoms with E-state index in [0.717, 1.165) is 29.0 Å². The first kappa shape index (κ1) is 28.8. The SMILES string of the molecule is O=c1cc(-c2ccc(OCCCc3cn(CCOc4cccc5c(=O)cc(-c6ccccc6)oc45)nn3)cc2)oc2ccccc12. The van der Waals surface area contributed by atoms with Crippen LogP contribution in [0.5, 0.6) is 11.5 Å². The Labute approximate surface area is 263 Å². The van der Waals surface area contributed by atoms with Gasteiger partial charge in [-0.25, -0.2) is 4.68 Å². The van der Waals surface area contributed by atoms with Crippen LogP contribution in [0.1, 0.15) is 12.1 Å². The lowest BCUT2D eigenvalue weighted by molar-refractivity contribution is 0.289. The second kappa shape index (κ2) is 13.0. The monoisotopic (exact) mass is 611 g/mol. The molecule has 0 spiro atoms. The normalized spacial score (nSPS) is 11.2. The quantitative estimate of drug-likeness (QED) is 0.145. The molecule has 46 heavy (non-hydrogen) atoms. The lowest BCUT2D eigenvalue weighted by Crippen LogP contribution is -2.09. The molecule has 4 aromatic carbocycles. The Balaban J connectivity index is 0.904. The number of ether oxygens (including phenoxy) is 2. The molecule has 0 fully saturated rings. The number of para-hydroxylation sites is 2. The lowest BCUT2D eigenvalue weighted by Gasteiger charge is -2.09. The van der Waals surface area contributed by atoms with E-state index in [1.54, 1.807) is 35.0 Å². The fourth-order valence-electron chi connectivity index (χ4n) is 5.23. The molecule has 3 aromatic heterocycles. The van der Waals surface area contributed by atoms with E-state index in [1.165, 1.54) is 12.1 Å². The second-order valence-electron chi connectivity index (χ2n) is 10.7. The van der Waals surface area contributed by atoms with Gasteiger partial charge in [0.15, 0.2) is 22.2 Å². The molecule has 0 radical (unpaired) electrons. The fourth-order valence-corrected chi connectivity index (χ4v) is 5.23. The van der Waals surface area contributed by atoms with Crippen molar-refractivity contribution in [1.82, 2.24) is 15.0 Å². The van der Waals surface area contributed by atoms with Crippen LogP contribution in [0, 0.1) is 0 Å². The molecule has 0 amide bonds. The minimum Gasteiger partial charge on any atom is -0.494 e. The number of rotatable bonds is 11. The highest BCUT2D eigenvalue weighted by Crippen LogP contribution is 2.29. The van der Waals surface area contributed by atoms with Gasteiger partial charge in [-0.2, -0.15) is 0 Å². The van der Waals surface area contributed by atoms with E-state index in [4.69, 9.17) is 18.3 Å². The number of benzene rings is 4. The van der Waals surface area contributed by atoms with Gasteiger partial charge in [-0.3, -0.25) is 9.59 Å². The van der Waals surface area contributed by atoms with Crippen molar-refractivity contribution in [3.8, 4) is 34.1 Å². The summed E-state index contributed by atoms with van der Waals surface area (Å²) in [6.07, 6.45) is 3.36. The van der Waals surface area contributed by atoms with Gasteiger partial charge in [0, 0.05) is 29.5 Å². The summed E-state index contributed by atoms with van der Waals surface area (Å²) >= 11 is 0. The van der Waals surface area contributed by atoms with Crippen LogP contribution < -0.4 is 20.3 Å². The van der Waals surface area contributed by atoms with Gasteiger partial charge in [0.1, 0.15) is 29.5 Å². The molecule has 0 saturated heterocycles. The van der Waals surface area contributed by atoms with E-state index in [9.17, 15) is 9.59 Å². The van der Waals surface area contributed by atoms with Gasteiger partial charge >= 0.3 is 0 Å². The first-order valence-electron chi connectivity index (χ1n) is 15.0. The van der Waals surface area contributed by atoms with Gasteiger partial charge in [-0.15, -0.1) is 5.10 Å². The van der Waals surface area contributed by atoms with Crippen LogP contribution in [-0.2, 0) is 13.0 Å². The van der Waals surface area contributed by atoms with E-state index >= 15 is 0 Å². The third-order valence-corrected chi connectivity index (χ3v) is 7.56. The van der Waals surface area contributed by atoms with Crippen LogP contribution in [0.4, 0.5) is 0 Å². The van der Waals surface area contributed by atoms with E-state index in [-0.39, 0.29) is 10.9 Å². The smallest absolute Gasteiger partial charge is 0.193 e. The third-order valence-electron chi connectivity index (χ3n) is 7.56. The minimum absolute atomic E-state index is 0.0704. The zero-order valence-electron chi connectivity index (χ0n) is 24.8. The summed E-state index contributed by atoms with van der Waals surface area (Å²) in [5.74, 6) is 2.24. The van der Waals surface area contributed by atoms with Crippen LogP contribution >= 0.6 is 0 Å². The highest BCUT2D eigenvalue weighted by Gasteiger charge is 2.12. The van der Waals surface area contributed by atoms with E-state index in [2.05, 4.69) is 10.3 Å². The molecule has 9 nitrogen and oxygen atoms in total.